The van der Waals surface area contributed by atoms with E-state index >= 15 is 0 Å². The van der Waals surface area contributed by atoms with E-state index in [1.54, 1.807) is 0 Å². The summed E-state index contributed by atoms with van der Waals surface area (Å²) in [4.78, 5) is 12.1. The summed E-state index contributed by atoms with van der Waals surface area (Å²) in [7, 11) is -3.81. The minimum atomic E-state index is -3.81. The highest BCUT2D eigenvalue weighted by Crippen LogP contribution is 2.37. The van der Waals surface area contributed by atoms with E-state index in [2.05, 4.69) is 5.32 Å². The molecule has 6 nitrogen and oxygen atoms in total. The van der Waals surface area contributed by atoms with Crippen molar-refractivity contribution in [2.24, 2.45) is 0 Å². The first kappa shape index (κ1) is 21.7. The highest BCUT2D eigenvalue weighted by atomic mass is 32.2. The molecule has 0 bridgehead atoms. The van der Waals surface area contributed by atoms with Crippen LogP contribution in [0, 0.1) is 0 Å². The smallest absolute Gasteiger partial charge is 0.323 e. The molecule has 0 fully saturated rings. The zero-order valence-electron chi connectivity index (χ0n) is 16.4. The Labute approximate surface area is 176 Å². The fourth-order valence-electron chi connectivity index (χ4n) is 3.44. The van der Waals surface area contributed by atoms with Gasteiger partial charge in [-0.05, 0) is 16.7 Å². The normalized spacial score (nSPS) is 13.0. The van der Waals surface area contributed by atoms with Crippen LogP contribution in [-0.4, -0.2) is 38.4 Å². The molecule has 0 amide bonds. The number of hydrogen-bond acceptors (Lipinski definition) is 5. The van der Waals surface area contributed by atoms with Crippen molar-refractivity contribution >= 4 is 16.1 Å². The highest BCUT2D eigenvalue weighted by molar-refractivity contribution is 7.85. The number of hydrogen-bond donors (Lipinski definition) is 2. The Morgan fingerprint density at radius 1 is 0.867 bits per heavy atom. The molecule has 0 saturated heterocycles. The third-order valence-corrected chi connectivity index (χ3v) is 5.32. The van der Waals surface area contributed by atoms with Crippen molar-refractivity contribution in [2.75, 3.05) is 12.9 Å². The minimum absolute atomic E-state index is 0.539. The van der Waals surface area contributed by atoms with Gasteiger partial charge in [0.25, 0.3) is 10.1 Å². The van der Waals surface area contributed by atoms with Gasteiger partial charge in [-0.25, -0.2) is 0 Å². The maximum atomic E-state index is 12.1. The summed E-state index contributed by atoms with van der Waals surface area (Å²) < 4.78 is 27.8. The van der Waals surface area contributed by atoms with Gasteiger partial charge in [0.05, 0.1) is 18.4 Å². The molecular weight excluding hydrogens is 402 g/mol. The van der Waals surface area contributed by atoms with Crippen molar-refractivity contribution in [1.29, 1.82) is 0 Å². The lowest BCUT2D eigenvalue weighted by atomic mass is 9.76. The number of carboxylic acids is 1. The molecule has 0 radical (unpaired) electrons. The second-order valence-corrected chi connectivity index (χ2v) is 8.52. The molecule has 0 aliphatic carbocycles. The lowest BCUT2D eigenvalue weighted by Gasteiger charge is -2.39. The third kappa shape index (κ3) is 4.94. The molecule has 0 aliphatic heterocycles. The van der Waals surface area contributed by atoms with Crippen LogP contribution in [-0.2, 0) is 24.6 Å². The number of carbonyl (C=O) groups is 1. The van der Waals surface area contributed by atoms with E-state index in [0.717, 1.165) is 22.9 Å². The van der Waals surface area contributed by atoms with Crippen molar-refractivity contribution in [1.82, 2.24) is 5.32 Å². The van der Waals surface area contributed by atoms with E-state index < -0.39 is 34.3 Å². The third-order valence-electron chi connectivity index (χ3n) is 4.76. The molecule has 2 N–H and O–H groups in total. The summed E-state index contributed by atoms with van der Waals surface area (Å²) in [6, 6.07) is 27.0. The van der Waals surface area contributed by atoms with Crippen LogP contribution < -0.4 is 5.32 Å². The predicted molar refractivity (Wildman–Crippen MR) is 115 cm³/mol. The van der Waals surface area contributed by atoms with Gasteiger partial charge in [-0.2, -0.15) is 8.42 Å². The Morgan fingerprint density at radius 2 is 1.23 bits per heavy atom. The van der Waals surface area contributed by atoms with Gasteiger partial charge in [0.1, 0.15) is 6.04 Å². The maximum absolute atomic E-state index is 12.1. The van der Waals surface area contributed by atoms with Gasteiger partial charge in [0.2, 0.25) is 0 Å². The van der Waals surface area contributed by atoms with Crippen molar-refractivity contribution in [3.8, 4) is 0 Å². The van der Waals surface area contributed by atoms with Gasteiger partial charge in [0.15, 0.2) is 0 Å². The van der Waals surface area contributed by atoms with Gasteiger partial charge in [-0.1, -0.05) is 91.0 Å². The summed E-state index contributed by atoms with van der Waals surface area (Å²) in [5, 5.41) is 13.0. The first-order chi connectivity index (χ1) is 14.3. The molecule has 0 saturated carbocycles. The average Bonchev–Trinajstić information content (AvgIpc) is 2.75. The fourth-order valence-corrected chi connectivity index (χ4v) is 3.83. The molecule has 1 atom stereocenters. The van der Waals surface area contributed by atoms with E-state index in [4.69, 9.17) is 4.18 Å². The Bertz CT molecular complexity index is 974. The van der Waals surface area contributed by atoms with Crippen LogP contribution in [0.3, 0.4) is 0 Å². The molecule has 0 aromatic heterocycles. The van der Waals surface area contributed by atoms with Crippen LogP contribution in [0.15, 0.2) is 91.0 Å². The number of rotatable bonds is 9. The summed E-state index contributed by atoms with van der Waals surface area (Å²) in [5.74, 6) is -1.22. The van der Waals surface area contributed by atoms with Gasteiger partial charge in [-0.15, -0.1) is 0 Å². The zero-order chi connectivity index (χ0) is 21.6. The average molecular weight is 426 g/mol. The summed E-state index contributed by atoms with van der Waals surface area (Å²) in [6.07, 6.45) is 0.894. The van der Waals surface area contributed by atoms with Gasteiger partial charge >= 0.3 is 5.97 Å². The molecule has 3 aromatic carbocycles. The quantitative estimate of drug-likeness (QED) is 0.404. The largest absolute Gasteiger partial charge is 0.480 e. The SMILES string of the molecule is CS(=O)(=O)OC[C@H](NC(c1ccccc1)(c1ccccc1)c1ccccc1)C(=O)O. The zero-order valence-corrected chi connectivity index (χ0v) is 17.2. The van der Waals surface area contributed by atoms with Crippen LogP contribution in [0.2, 0.25) is 0 Å². The molecule has 3 rings (SSSR count). The number of aliphatic carboxylic acids is 1. The lowest BCUT2D eigenvalue weighted by molar-refractivity contribution is -0.140. The number of nitrogens with one attached hydrogen (secondary N) is 1. The van der Waals surface area contributed by atoms with Gasteiger partial charge < -0.3 is 5.11 Å². The van der Waals surface area contributed by atoms with Crippen LogP contribution in [0.25, 0.3) is 0 Å². The van der Waals surface area contributed by atoms with Crippen LogP contribution in [0.5, 0.6) is 0 Å². The number of carboxylic acid groups (broad SMARTS) is 1. The van der Waals surface area contributed by atoms with Crippen molar-refractivity contribution in [3.05, 3.63) is 108 Å². The second-order valence-electron chi connectivity index (χ2n) is 6.87. The molecule has 30 heavy (non-hydrogen) atoms. The predicted octanol–water partition coefficient (Wildman–Crippen LogP) is 3.00. The van der Waals surface area contributed by atoms with Crippen LogP contribution in [0.4, 0.5) is 0 Å². The molecular formula is C23H23NO5S. The Morgan fingerprint density at radius 3 is 1.53 bits per heavy atom. The topological polar surface area (TPSA) is 92.7 Å². The molecule has 3 aromatic rings. The Kier molecular flexibility index (Phi) is 6.66. The van der Waals surface area contributed by atoms with E-state index in [0.29, 0.717) is 0 Å². The van der Waals surface area contributed by atoms with Crippen LogP contribution >= 0.6 is 0 Å². The Balaban J connectivity index is 2.21. The van der Waals surface area contributed by atoms with Crippen LogP contribution in [0.1, 0.15) is 16.7 Å². The summed E-state index contributed by atoms with van der Waals surface area (Å²) in [6.45, 7) is -0.539. The van der Waals surface area contributed by atoms with Crippen molar-refractivity contribution in [3.63, 3.8) is 0 Å². The van der Waals surface area contributed by atoms with Crippen molar-refractivity contribution < 1.29 is 22.5 Å². The van der Waals surface area contributed by atoms with E-state index in [1.807, 2.05) is 91.0 Å². The number of benzene rings is 3. The molecule has 0 aliphatic rings. The molecule has 0 spiro atoms. The lowest BCUT2D eigenvalue weighted by Crippen LogP contribution is -2.54. The van der Waals surface area contributed by atoms with Crippen molar-refractivity contribution in [2.45, 2.75) is 11.6 Å². The van der Waals surface area contributed by atoms with Gasteiger partial charge in [0, 0.05) is 0 Å². The van der Waals surface area contributed by atoms with E-state index in [9.17, 15) is 18.3 Å². The molecule has 7 heteroatoms. The van der Waals surface area contributed by atoms with E-state index in [-0.39, 0.29) is 0 Å². The standard InChI is InChI=1S/C23H23NO5S/c1-30(27,28)29-17-21(22(25)26)24-23(18-11-5-2-6-12-18,19-13-7-3-8-14-19)20-15-9-4-10-16-20/h2-16,21,24H,17H2,1H3,(H,25,26)/t21-/m0/s1. The molecule has 156 valence electrons. The minimum Gasteiger partial charge on any atom is -0.480 e. The first-order valence-corrected chi connectivity index (χ1v) is 11.2. The maximum Gasteiger partial charge on any atom is 0.323 e. The molecule has 0 unspecified atom stereocenters. The second kappa shape index (κ2) is 9.21. The van der Waals surface area contributed by atoms with E-state index in [1.165, 1.54) is 0 Å². The summed E-state index contributed by atoms with van der Waals surface area (Å²) in [5.41, 5.74) is 1.39. The van der Waals surface area contributed by atoms with Gasteiger partial charge in [-0.3, -0.25) is 14.3 Å². The fraction of sp³-hybridized carbons (Fsp3) is 0.174. The monoisotopic (exact) mass is 425 g/mol. The summed E-state index contributed by atoms with van der Waals surface area (Å²) >= 11 is 0. The highest BCUT2D eigenvalue weighted by Gasteiger charge is 2.40. The molecule has 0 heterocycles. The Hall–Kier alpha value is -3.00. The first-order valence-electron chi connectivity index (χ1n) is 9.34.